The van der Waals surface area contributed by atoms with E-state index in [-0.39, 0.29) is 24.9 Å². The average Bonchev–Trinajstić information content (AvgIpc) is 3.28. The number of hydrogen-bond acceptors (Lipinski definition) is 5. The summed E-state index contributed by atoms with van der Waals surface area (Å²) in [5.41, 5.74) is 3.44. The predicted octanol–water partition coefficient (Wildman–Crippen LogP) is 5.19. The van der Waals surface area contributed by atoms with Gasteiger partial charge in [0.1, 0.15) is 5.75 Å². The molecular formula is C25H30ClN3O2S. The number of amides is 1. The smallest absolute Gasteiger partial charge is 0.262 e. The Labute approximate surface area is 199 Å². The number of piperazine rings is 1. The van der Waals surface area contributed by atoms with Crippen molar-refractivity contribution in [2.45, 2.75) is 32.2 Å². The Kier molecular flexibility index (Phi) is 7.23. The lowest BCUT2D eigenvalue weighted by Crippen LogP contribution is -2.49. The molecule has 32 heavy (non-hydrogen) atoms. The third-order valence-electron chi connectivity index (χ3n) is 6.52. The number of rotatable bonds is 6. The van der Waals surface area contributed by atoms with Gasteiger partial charge in [-0.15, -0.1) is 23.7 Å². The standard InChI is InChI=1S/C25H29N3O2S.ClH/c1-18(4-2-5-19-8-9-23-21(16-19)26-25(29)17-30-23)27-11-13-28(14-12-27)22-6-3-7-24-20(22)10-15-31-24;/h3,6-10,15-16,18H,2,4-5,11-14,17H2,1H3,(H,26,29);1H. The maximum atomic E-state index is 11.5. The SMILES string of the molecule is CC(CCCc1ccc2c(c1)NC(=O)CO2)N1CCN(c2cccc3sccc23)CC1.Cl. The minimum Gasteiger partial charge on any atom is -0.482 e. The molecule has 1 saturated heterocycles. The molecule has 7 heteroatoms. The van der Waals surface area contributed by atoms with Crippen LogP contribution in [0.5, 0.6) is 5.75 Å². The van der Waals surface area contributed by atoms with E-state index < -0.39 is 0 Å². The summed E-state index contributed by atoms with van der Waals surface area (Å²) < 4.78 is 6.83. The maximum absolute atomic E-state index is 11.5. The summed E-state index contributed by atoms with van der Waals surface area (Å²) in [4.78, 5) is 16.7. The van der Waals surface area contributed by atoms with Gasteiger partial charge in [-0.05, 0) is 67.5 Å². The number of carbonyl (C=O) groups is 1. The van der Waals surface area contributed by atoms with Crippen LogP contribution in [0.15, 0.2) is 47.8 Å². The summed E-state index contributed by atoms with van der Waals surface area (Å²) in [6, 6.07) is 15.6. The van der Waals surface area contributed by atoms with Crippen molar-refractivity contribution in [1.29, 1.82) is 0 Å². The second-order valence-electron chi connectivity index (χ2n) is 8.54. The van der Waals surface area contributed by atoms with Crippen molar-refractivity contribution in [1.82, 2.24) is 4.90 Å². The lowest BCUT2D eigenvalue weighted by atomic mass is 10.0. The molecular weight excluding hydrogens is 442 g/mol. The molecule has 1 atom stereocenters. The fraction of sp³-hybridized carbons (Fsp3) is 0.400. The monoisotopic (exact) mass is 471 g/mol. The zero-order valence-electron chi connectivity index (χ0n) is 18.4. The minimum absolute atomic E-state index is 0. The van der Waals surface area contributed by atoms with Gasteiger partial charge >= 0.3 is 0 Å². The van der Waals surface area contributed by atoms with Crippen LogP contribution in [0, 0.1) is 0 Å². The van der Waals surface area contributed by atoms with E-state index in [2.05, 4.69) is 63.8 Å². The first-order valence-corrected chi connectivity index (χ1v) is 12.1. The molecule has 1 unspecified atom stereocenters. The van der Waals surface area contributed by atoms with Crippen molar-refractivity contribution in [2.24, 2.45) is 0 Å². The summed E-state index contributed by atoms with van der Waals surface area (Å²) in [7, 11) is 0. The van der Waals surface area contributed by atoms with E-state index in [4.69, 9.17) is 4.74 Å². The van der Waals surface area contributed by atoms with Gasteiger partial charge in [0.2, 0.25) is 0 Å². The van der Waals surface area contributed by atoms with Gasteiger partial charge in [0.05, 0.1) is 5.69 Å². The van der Waals surface area contributed by atoms with E-state index in [1.54, 1.807) is 0 Å². The Balaban J connectivity index is 0.00000245. The molecule has 5 rings (SSSR count). The zero-order valence-corrected chi connectivity index (χ0v) is 20.0. The van der Waals surface area contributed by atoms with Gasteiger partial charge < -0.3 is 15.0 Å². The highest BCUT2D eigenvalue weighted by atomic mass is 35.5. The molecule has 1 N–H and O–H groups in total. The van der Waals surface area contributed by atoms with E-state index in [0.717, 1.165) is 50.5 Å². The van der Waals surface area contributed by atoms with Crippen LogP contribution in [0.3, 0.4) is 0 Å². The molecule has 170 valence electrons. The van der Waals surface area contributed by atoms with Crippen LogP contribution in [-0.2, 0) is 11.2 Å². The van der Waals surface area contributed by atoms with Crippen molar-refractivity contribution >= 4 is 51.1 Å². The van der Waals surface area contributed by atoms with Crippen LogP contribution in [-0.4, -0.2) is 49.6 Å². The molecule has 2 aliphatic heterocycles. The summed E-state index contributed by atoms with van der Waals surface area (Å²) in [5.74, 6) is 0.695. The second kappa shape index (κ2) is 10.1. The lowest BCUT2D eigenvalue weighted by molar-refractivity contribution is -0.118. The third-order valence-corrected chi connectivity index (χ3v) is 7.40. The van der Waals surface area contributed by atoms with E-state index in [0.29, 0.717) is 6.04 Å². The Bertz CT molecular complexity index is 1080. The highest BCUT2D eigenvalue weighted by Gasteiger charge is 2.22. The normalized spacial score (nSPS) is 17.3. The van der Waals surface area contributed by atoms with E-state index in [1.165, 1.54) is 27.8 Å². The minimum atomic E-state index is -0.0763. The molecule has 2 aromatic carbocycles. The van der Waals surface area contributed by atoms with Gasteiger partial charge in [0.15, 0.2) is 6.61 Å². The molecule has 1 aromatic heterocycles. The number of halogens is 1. The highest BCUT2D eigenvalue weighted by Crippen LogP contribution is 2.32. The number of nitrogens with zero attached hydrogens (tertiary/aromatic N) is 2. The van der Waals surface area contributed by atoms with Crippen molar-refractivity contribution in [3.63, 3.8) is 0 Å². The van der Waals surface area contributed by atoms with Crippen molar-refractivity contribution < 1.29 is 9.53 Å². The molecule has 5 nitrogen and oxygen atoms in total. The Hall–Kier alpha value is -2.28. The molecule has 1 amide bonds. The number of thiophene rings is 1. The van der Waals surface area contributed by atoms with Crippen molar-refractivity contribution in [3.05, 3.63) is 53.4 Å². The number of aryl methyl sites for hydroxylation is 1. The fourth-order valence-corrected chi connectivity index (χ4v) is 5.53. The van der Waals surface area contributed by atoms with Gasteiger partial charge in [0, 0.05) is 48.0 Å². The number of ether oxygens (including phenoxy) is 1. The Morgan fingerprint density at radius 2 is 1.97 bits per heavy atom. The third kappa shape index (κ3) is 4.87. The molecule has 3 heterocycles. The first kappa shape index (κ1) is 22.9. The molecule has 1 fully saturated rings. The van der Waals surface area contributed by atoms with Gasteiger partial charge in [-0.3, -0.25) is 9.69 Å². The van der Waals surface area contributed by atoms with Gasteiger partial charge in [-0.25, -0.2) is 0 Å². The van der Waals surface area contributed by atoms with Gasteiger partial charge in [-0.1, -0.05) is 12.1 Å². The topological polar surface area (TPSA) is 44.8 Å². The molecule has 0 spiro atoms. The average molecular weight is 472 g/mol. The van der Waals surface area contributed by atoms with Gasteiger partial charge in [0.25, 0.3) is 5.91 Å². The number of hydrogen-bond donors (Lipinski definition) is 1. The molecule has 0 aliphatic carbocycles. The number of fused-ring (bicyclic) bond motifs is 2. The van der Waals surface area contributed by atoms with Crippen molar-refractivity contribution in [3.8, 4) is 5.75 Å². The first-order chi connectivity index (χ1) is 15.2. The fourth-order valence-electron chi connectivity index (χ4n) is 4.73. The number of anilines is 2. The Morgan fingerprint density at radius 1 is 1.12 bits per heavy atom. The van der Waals surface area contributed by atoms with Crippen LogP contribution in [0.2, 0.25) is 0 Å². The summed E-state index contributed by atoms with van der Waals surface area (Å²) in [5, 5.41) is 6.48. The molecule has 3 aromatic rings. The van der Waals surface area contributed by atoms with Crippen LogP contribution in [0.1, 0.15) is 25.3 Å². The molecule has 0 bridgehead atoms. The van der Waals surface area contributed by atoms with E-state index in [9.17, 15) is 4.79 Å². The van der Waals surface area contributed by atoms with Crippen LogP contribution < -0.4 is 15.0 Å². The summed E-state index contributed by atoms with van der Waals surface area (Å²) in [6.07, 6.45) is 3.34. The molecule has 0 radical (unpaired) electrons. The van der Waals surface area contributed by atoms with E-state index in [1.807, 2.05) is 17.4 Å². The number of benzene rings is 2. The molecule has 0 saturated carbocycles. The lowest BCUT2D eigenvalue weighted by Gasteiger charge is -2.39. The Morgan fingerprint density at radius 3 is 2.81 bits per heavy atom. The quantitative estimate of drug-likeness (QED) is 0.537. The largest absolute Gasteiger partial charge is 0.482 e. The number of nitrogens with one attached hydrogen (secondary N) is 1. The zero-order chi connectivity index (χ0) is 21.2. The summed E-state index contributed by atoms with van der Waals surface area (Å²) in [6.45, 7) is 6.87. The maximum Gasteiger partial charge on any atom is 0.262 e. The first-order valence-electron chi connectivity index (χ1n) is 11.2. The highest BCUT2D eigenvalue weighted by molar-refractivity contribution is 7.17. The van der Waals surface area contributed by atoms with Crippen molar-refractivity contribution in [2.75, 3.05) is 43.0 Å². The van der Waals surface area contributed by atoms with E-state index >= 15 is 0 Å². The second-order valence-corrected chi connectivity index (χ2v) is 9.49. The predicted molar refractivity (Wildman–Crippen MR) is 136 cm³/mol. The van der Waals surface area contributed by atoms with Crippen LogP contribution >= 0.6 is 23.7 Å². The van der Waals surface area contributed by atoms with Crippen LogP contribution in [0.4, 0.5) is 11.4 Å². The molecule has 2 aliphatic rings. The number of carbonyl (C=O) groups excluding carboxylic acids is 1. The van der Waals surface area contributed by atoms with Gasteiger partial charge in [-0.2, -0.15) is 0 Å². The summed E-state index contributed by atoms with van der Waals surface area (Å²) >= 11 is 1.82. The van der Waals surface area contributed by atoms with Crippen LogP contribution in [0.25, 0.3) is 10.1 Å².